The van der Waals surface area contributed by atoms with E-state index in [1.54, 1.807) is 0 Å². The first-order chi connectivity index (χ1) is 6.79. The Morgan fingerprint density at radius 3 is 2.86 bits per heavy atom. The zero-order valence-corrected chi connectivity index (χ0v) is 9.14. The molecule has 0 radical (unpaired) electrons. The molecule has 0 aliphatic carbocycles. The zero-order valence-electron chi connectivity index (χ0n) is 8.32. The normalized spacial score (nSPS) is 18.8. The van der Waals surface area contributed by atoms with E-state index in [1.165, 1.54) is 0 Å². The molecule has 1 N–H and O–H groups in total. The van der Waals surface area contributed by atoms with Crippen molar-refractivity contribution in [3.05, 3.63) is 11.9 Å². The molecule has 0 atom stereocenters. The van der Waals surface area contributed by atoms with Gasteiger partial charge in [-0.25, -0.2) is 4.98 Å². The Labute approximate surface area is 86.2 Å². The van der Waals surface area contributed by atoms with Crippen molar-refractivity contribution in [2.24, 2.45) is 0 Å². The van der Waals surface area contributed by atoms with Crippen LogP contribution in [0.3, 0.4) is 0 Å². The molecule has 78 valence electrons. The molecule has 0 amide bonds. The van der Waals surface area contributed by atoms with E-state index in [9.17, 15) is 4.21 Å². The third kappa shape index (κ3) is 1.97. The van der Waals surface area contributed by atoms with Crippen LogP contribution in [0.4, 0.5) is 5.95 Å². The van der Waals surface area contributed by atoms with Crippen LogP contribution in [0.1, 0.15) is 12.6 Å². The molecule has 0 bridgehead atoms. The summed E-state index contributed by atoms with van der Waals surface area (Å²) in [4.78, 5) is 9.74. The van der Waals surface area contributed by atoms with E-state index in [4.69, 9.17) is 0 Å². The second-order valence-corrected chi connectivity index (χ2v) is 5.12. The van der Waals surface area contributed by atoms with Crippen molar-refractivity contribution in [3.8, 4) is 0 Å². The highest BCUT2D eigenvalue weighted by Gasteiger charge is 2.17. The molecule has 0 spiro atoms. The molecule has 4 nitrogen and oxygen atoms in total. The Kier molecular flexibility index (Phi) is 2.86. The Balaban J connectivity index is 2.04. The third-order valence-corrected chi connectivity index (χ3v) is 3.75. The molecule has 0 aromatic carbocycles. The second kappa shape index (κ2) is 4.13. The Bertz CT molecular complexity index is 327. The highest BCUT2D eigenvalue weighted by atomic mass is 32.2. The molecule has 14 heavy (non-hydrogen) atoms. The second-order valence-electron chi connectivity index (χ2n) is 3.42. The summed E-state index contributed by atoms with van der Waals surface area (Å²) >= 11 is 0. The quantitative estimate of drug-likeness (QED) is 0.780. The summed E-state index contributed by atoms with van der Waals surface area (Å²) in [6, 6.07) is 0. The van der Waals surface area contributed by atoms with Gasteiger partial charge in [-0.2, -0.15) is 0 Å². The van der Waals surface area contributed by atoms with Gasteiger partial charge in [-0.05, 0) is 6.42 Å². The maximum atomic E-state index is 11.2. The van der Waals surface area contributed by atoms with Crippen molar-refractivity contribution in [2.45, 2.75) is 13.3 Å². The van der Waals surface area contributed by atoms with Crippen molar-refractivity contribution in [1.82, 2.24) is 9.97 Å². The van der Waals surface area contributed by atoms with Crippen molar-refractivity contribution in [2.75, 3.05) is 29.5 Å². The van der Waals surface area contributed by atoms with Crippen LogP contribution in [-0.2, 0) is 17.2 Å². The molecule has 1 aromatic heterocycles. The van der Waals surface area contributed by atoms with Crippen LogP contribution in [0.25, 0.3) is 0 Å². The minimum atomic E-state index is -0.613. The SMILES string of the molecule is CCc1cnc(N2CCS(=O)CC2)[nH]1. The van der Waals surface area contributed by atoms with Gasteiger partial charge in [0.1, 0.15) is 0 Å². The standard InChI is InChI=1S/C9H15N3OS/c1-2-8-7-10-9(11-8)12-3-5-14(13)6-4-12/h7H,2-6H2,1H3,(H,10,11). The maximum Gasteiger partial charge on any atom is 0.203 e. The molecule has 1 aliphatic rings. The number of aryl methyl sites for hydroxylation is 1. The van der Waals surface area contributed by atoms with E-state index in [0.717, 1.165) is 42.7 Å². The average molecular weight is 213 g/mol. The summed E-state index contributed by atoms with van der Waals surface area (Å²) in [6.07, 6.45) is 2.85. The van der Waals surface area contributed by atoms with Gasteiger partial charge in [0.2, 0.25) is 5.95 Å². The summed E-state index contributed by atoms with van der Waals surface area (Å²) in [6.45, 7) is 3.80. The summed E-state index contributed by atoms with van der Waals surface area (Å²) in [7, 11) is -0.613. The molecular weight excluding hydrogens is 198 g/mol. The highest BCUT2D eigenvalue weighted by Crippen LogP contribution is 2.12. The monoisotopic (exact) mass is 213 g/mol. The smallest absolute Gasteiger partial charge is 0.203 e. The fourth-order valence-electron chi connectivity index (χ4n) is 1.54. The molecule has 5 heteroatoms. The van der Waals surface area contributed by atoms with E-state index in [1.807, 2.05) is 6.20 Å². The van der Waals surface area contributed by atoms with Crippen LogP contribution < -0.4 is 4.90 Å². The number of imidazole rings is 1. The predicted octanol–water partition coefficient (Wildman–Crippen LogP) is 0.541. The lowest BCUT2D eigenvalue weighted by Crippen LogP contribution is -2.38. The number of aromatic nitrogens is 2. The van der Waals surface area contributed by atoms with Gasteiger partial charge in [0, 0.05) is 41.1 Å². The molecule has 1 aliphatic heterocycles. The molecular formula is C9H15N3OS. The maximum absolute atomic E-state index is 11.2. The van der Waals surface area contributed by atoms with E-state index < -0.39 is 10.8 Å². The van der Waals surface area contributed by atoms with E-state index in [2.05, 4.69) is 21.8 Å². The first-order valence-corrected chi connectivity index (χ1v) is 6.42. The van der Waals surface area contributed by atoms with Gasteiger partial charge in [0.05, 0.1) is 6.20 Å². The topological polar surface area (TPSA) is 49.0 Å². The van der Waals surface area contributed by atoms with E-state index in [-0.39, 0.29) is 0 Å². The molecule has 2 heterocycles. The molecule has 1 aromatic rings. The Morgan fingerprint density at radius 2 is 2.29 bits per heavy atom. The molecule has 1 fully saturated rings. The number of rotatable bonds is 2. The summed E-state index contributed by atoms with van der Waals surface area (Å²) in [5, 5.41) is 0. The van der Waals surface area contributed by atoms with Gasteiger partial charge >= 0.3 is 0 Å². The number of H-pyrrole nitrogens is 1. The van der Waals surface area contributed by atoms with Gasteiger partial charge in [-0.15, -0.1) is 0 Å². The first kappa shape index (κ1) is 9.71. The van der Waals surface area contributed by atoms with Crippen LogP contribution in [0, 0.1) is 0 Å². The van der Waals surface area contributed by atoms with E-state index in [0.29, 0.717) is 0 Å². The first-order valence-electron chi connectivity index (χ1n) is 4.93. The van der Waals surface area contributed by atoms with Gasteiger partial charge in [-0.3, -0.25) is 4.21 Å². The Hall–Kier alpha value is -0.840. The van der Waals surface area contributed by atoms with Crippen LogP contribution in [0.15, 0.2) is 6.20 Å². The number of anilines is 1. The van der Waals surface area contributed by atoms with Crippen molar-refractivity contribution in [1.29, 1.82) is 0 Å². The highest BCUT2D eigenvalue weighted by molar-refractivity contribution is 7.85. The van der Waals surface area contributed by atoms with Crippen molar-refractivity contribution in [3.63, 3.8) is 0 Å². The predicted molar refractivity (Wildman–Crippen MR) is 58.1 cm³/mol. The van der Waals surface area contributed by atoms with Crippen molar-refractivity contribution >= 4 is 16.7 Å². The lowest BCUT2D eigenvalue weighted by Gasteiger charge is -2.25. The van der Waals surface area contributed by atoms with Gasteiger partial charge in [0.25, 0.3) is 0 Å². The molecule has 0 unspecified atom stereocenters. The third-order valence-electron chi connectivity index (χ3n) is 2.47. The molecule has 0 saturated carbocycles. The van der Waals surface area contributed by atoms with Crippen LogP contribution in [0.5, 0.6) is 0 Å². The zero-order chi connectivity index (χ0) is 9.97. The van der Waals surface area contributed by atoms with Crippen molar-refractivity contribution < 1.29 is 4.21 Å². The lowest BCUT2D eigenvalue weighted by atomic mass is 10.4. The average Bonchev–Trinajstić information content (AvgIpc) is 2.67. The number of nitrogens with zero attached hydrogens (tertiary/aromatic N) is 2. The Morgan fingerprint density at radius 1 is 1.57 bits per heavy atom. The van der Waals surface area contributed by atoms with E-state index >= 15 is 0 Å². The minimum absolute atomic E-state index is 0.613. The molecule has 1 saturated heterocycles. The van der Waals surface area contributed by atoms with Gasteiger partial charge < -0.3 is 9.88 Å². The van der Waals surface area contributed by atoms with Crippen LogP contribution >= 0.6 is 0 Å². The lowest BCUT2D eigenvalue weighted by molar-refractivity contribution is 0.671. The number of hydrogen-bond donors (Lipinski definition) is 1. The van der Waals surface area contributed by atoms with Crippen LogP contribution in [0.2, 0.25) is 0 Å². The van der Waals surface area contributed by atoms with Gasteiger partial charge in [-0.1, -0.05) is 6.92 Å². The van der Waals surface area contributed by atoms with Crippen LogP contribution in [-0.4, -0.2) is 38.8 Å². The number of hydrogen-bond acceptors (Lipinski definition) is 3. The summed E-state index contributed by atoms with van der Waals surface area (Å²) < 4.78 is 11.2. The fraction of sp³-hybridized carbons (Fsp3) is 0.667. The minimum Gasteiger partial charge on any atom is -0.341 e. The largest absolute Gasteiger partial charge is 0.341 e. The fourth-order valence-corrected chi connectivity index (χ4v) is 2.59. The molecule has 2 rings (SSSR count). The number of nitrogens with one attached hydrogen (secondary N) is 1. The summed E-state index contributed by atoms with van der Waals surface area (Å²) in [5.41, 5.74) is 1.16. The van der Waals surface area contributed by atoms with Gasteiger partial charge in [0.15, 0.2) is 0 Å². The summed E-state index contributed by atoms with van der Waals surface area (Å²) in [5.74, 6) is 2.46. The number of aromatic amines is 1.